The summed E-state index contributed by atoms with van der Waals surface area (Å²) >= 11 is 1.61. The summed E-state index contributed by atoms with van der Waals surface area (Å²) in [5.74, 6) is 2.45. The van der Waals surface area contributed by atoms with Gasteiger partial charge in [-0.1, -0.05) is 5.92 Å². The lowest BCUT2D eigenvalue weighted by Crippen LogP contribution is -2.04. The third-order valence-electron chi connectivity index (χ3n) is 1.08. The van der Waals surface area contributed by atoms with E-state index in [1.54, 1.807) is 11.3 Å². The van der Waals surface area contributed by atoms with Crippen LogP contribution in [0.2, 0.25) is 0 Å². The minimum atomic E-state index is -0.226. The molecule has 0 aliphatic heterocycles. The summed E-state index contributed by atoms with van der Waals surface area (Å²) in [4.78, 5) is 0. The summed E-state index contributed by atoms with van der Waals surface area (Å²) in [5.41, 5.74) is 6.54. The Balaban J connectivity index is 2.80. The van der Waals surface area contributed by atoms with Gasteiger partial charge in [0.15, 0.2) is 0 Å². The topological polar surface area (TPSA) is 26.0 Å². The molecule has 0 radical (unpaired) electrons. The lowest BCUT2D eigenvalue weighted by atomic mass is 10.2. The normalized spacial score (nSPS) is 12.4. The van der Waals surface area contributed by atoms with Crippen LogP contribution in [0.5, 0.6) is 0 Å². The zero-order valence-electron chi connectivity index (χ0n) is 4.87. The van der Waals surface area contributed by atoms with Gasteiger partial charge in [0.2, 0.25) is 0 Å². The van der Waals surface area contributed by atoms with Crippen LogP contribution in [0, 0.1) is 12.3 Å². The molecule has 2 N–H and O–H groups in total. The van der Waals surface area contributed by atoms with Gasteiger partial charge in [-0.25, -0.2) is 0 Å². The van der Waals surface area contributed by atoms with Crippen molar-refractivity contribution in [3.8, 4) is 12.3 Å². The fourth-order valence-corrected chi connectivity index (χ4v) is 1.24. The standard InChI is InChI=1S/C7H7NS/c1-2-7(8)6-3-4-9-5-6/h1,3-5,7H,8H2. The van der Waals surface area contributed by atoms with Crippen LogP contribution in [0.4, 0.5) is 0 Å². The first-order valence-corrected chi connectivity index (χ1v) is 3.52. The maximum Gasteiger partial charge on any atom is 0.0926 e. The maximum absolute atomic E-state index is 5.51. The molecule has 0 saturated heterocycles. The highest BCUT2D eigenvalue weighted by Crippen LogP contribution is 2.12. The predicted octanol–water partition coefficient (Wildman–Crippen LogP) is 1.38. The maximum atomic E-state index is 5.51. The molecule has 1 atom stereocenters. The molecule has 2 heteroatoms. The van der Waals surface area contributed by atoms with Crippen molar-refractivity contribution < 1.29 is 0 Å². The van der Waals surface area contributed by atoms with Gasteiger partial charge in [-0.05, 0) is 22.4 Å². The lowest BCUT2D eigenvalue weighted by Gasteiger charge is -1.96. The molecule has 0 fully saturated rings. The van der Waals surface area contributed by atoms with E-state index in [4.69, 9.17) is 12.2 Å². The molecule has 0 aliphatic carbocycles. The van der Waals surface area contributed by atoms with E-state index >= 15 is 0 Å². The van der Waals surface area contributed by atoms with Gasteiger partial charge in [0.1, 0.15) is 0 Å². The summed E-state index contributed by atoms with van der Waals surface area (Å²) in [5, 5.41) is 3.93. The second-order valence-corrected chi connectivity index (χ2v) is 2.48. The second kappa shape index (κ2) is 2.67. The first kappa shape index (κ1) is 6.34. The largest absolute Gasteiger partial charge is 0.314 e. The molecule has 0 bridgehead atoms. The molecule has 0 saturated carbocycles. The van der Waals surface area contributed by atoms with Crippen molar-refractivity contribution >= 4 is 11.3 Å². The molecule has 1 aromatic rings. The molecular formula is C7H7NS. The number of hydrogen-bond donors (Lipinski definition) is 1. The van der Waals surface area contributed by atoms with Crippen LogP contribution in [-0.4, -0.2) is 0 Å². The van der Waals surface area contributed by atoms with E-state index < -0.39 is 0 Å². The van der Waals surface area contributed by atoms with Crippen LogP contribution in [0.25, 0.3) is 0 Å². The number of hydrogen-bond acceptors (Lipinski definition) is 2. The Morgan fingerprint density at radius 3 is 3.00 bits per heavy atom. The Morgan fingerprint density at radius 1 is 1.78 bits per heavy atom. The minimum absolute atomic E-state index is 0.226. The monoisotopic (exact) mass is 137 g/mol. The Labute approximate surface area is 58.5 Å². The third-order valence-corrected chi connectivity index (χ3v) is 1.78. The summed E-state index contributed by atoms with van der Waals surface area (Å²) in [7, 11) is 0. The van der Waals surface area contributed by atoms with Crippen molar-refractivity contribution in [1.82, 2.24) is 0 Å². The summed E-state index contributed by atoms with van der Waals surface area (Å²) < 4.78 is 0. The van der Waals surface area contributed by atoms with Crippen molar-refractivity contribution in [2.75, 3.05) is 0 Å². The average molecular weight is 137 g/mol. The zero-order valence-corrected chi connectivity index (χ0v) is 5.69. The Kier molecular flexibility index (Phi) is 1.88. The Morgan fingerprint density at radius 2 is 2.56 bits per heavy atom. The minimum Gasteiger partial charge on any atom is -0.314 e. The van der Waals surface area contributed by atoms with E-state index in [0.29, 0.717) is 0 Å². The molecule has 1 aromatic heterocycles. The quantitative estimate of drug-likeness (QED) is 0.581. The Hall–Kier alpha value is -0.780. The van der Waals surface area contributed by atoms with Gasteiger partial charge < -0.3 is 5.73 Å². The summed E-state index contributed by atoms with van der Waals surface area (Å²) in [6.07, 6.45) is 5.09. The first-order chi connectivity index (χ1) is 4.34. The molecule has 0 amide bonds. The molecule has 1 nitrogen and oxygen atoms in total. The van der Waals surface area contributed by atoms with Crippen molar-refractivity contribution in [1.29, 1.82) is 0 Å². The fraction of sp³-hybridized carbons (Fsp3) is 0.143. The van der Waals surface area contributed by atoms with E-state index in [0.717, 1.165) is 5.56 Å². The molecule has 46 valence electrons. The van der Waals surface area contributed by atoms with E-state index in [9.17, 15) is 0 Å². The molecule has 0 spiro atoms. The smallest absolute Gasteiger partial charge is 0.0926 e. The molecule has 1 unspecified atom stereocenters. The van der Waals surface area contributed by atoms with Crippen molar-refractivity contribution in [3.63, 3.8) is 0 Å². The molecule has 0 aromatic carbocycles. The predicted molar refractivity (Wildman–Crippen MR) is 40.1 cm³/mol. The van der Waals surface area contributed by atoms with Crippen molar-refractivity contribution in [2.24, 2.45) is 5.73 Å². The first-order valence-electron chi connectivity index (χ1n) is 2.58. The molecule has 9 heavy (non-hydrogen) atoms. The van der Waals surface area contributed by atoms with E-state index in [-0.39, 0.29) is 6.04 Å². The van der Waals surface area contributed by atoms with Crippen LogP contribution in [-0.2, 0) is 0 Å². The van der Waals surface area contributed by atoms with Gasteiger partial charge in [0, 0.05) is 0 Å². The van der Waals surface area contributed by atoms with Gasteiger partial charge in [-0.2, -0.15) is 11.3 Å². The van der Waals surface area contributed by atoms with Gasteiger partial charge >= 0.3 is 0 Å². The third kappa shape index (κ3) is 1.32. The average Bonchev–Trinajstić information content (AvgIpc) is 2.37. The van der Waals surface area contributed by atoms with Gasteiger partial charge in [-0.3, -0.25) is 0 Å². The SMILES string of the molecule is C#CC(N)c1ccsc1. The van der Waals surface area contributed by atoms with E-state index in [2.05, 4.69) is 5.92 Å². The van der Waals surface area contributed by atoms with Gasteiger partial charge in [0.25, 0.3) is 0 Å². The number of nitrogens with two attached hydrogens (primary N) is 1. The molecule has 0 aliphatic rings. The molecule has 1 heterocycles. The van der Waals surface area contributed by atoms with Crippen LogP contribution >= 0.6 is 11.3 Å². The fourth-order valence-electron chi connectivity index (χ4n) is 0.548. The number of thiophene rings is 1. The number of terminal acetylenes is 1. The van der Waals surface area contributed by atoms with Crippen LogP contribution in [0.15, 0.2) is 16.8 Å². The van der Waals surface area contributed by atoms with Gasteiger partial charge in [0.05, 0.1) is 6.04 Å². The highest BCUT2D eigenvalue weighted by molar-refractivity contribution is 7.07. The lowest BCUT2D eigenvalue weighted by molar-refractivity contribution is 0.954. The Bertz CT molecular complexity index is 207. The van der Waals surface area contributed by atoms with E-state index in [1.165, 1.54) is 0 Å². The number of rotatable bonds is 1. The van der Waals surface area contributed by atoms with Crippen LogP contribution < -0.4 is 5.73 Å². The molecular weight excluding hydrogens is 130 g/mol. The van der Waals surface area contributed by atoms with Gasteiger partial charge in [-0.15, -0.1) is 6.42 Å². The van der Waals surface area contributed by atoms with Crippen molar-refractivity contribution in [3.05, 3.63) is 22.4 Å². The molecule has 1 rings (SSSR count). The summed E-state index contributed by atoms with van der Waals surface area (Å²) in [6, 6.07) is 1.71. The highest BCUT2D eigenvalue weighted by Gasteiger charge is 1.98. The second-order valence-electron chi connectivity index (χ2n) is 1.70. The van der Waals surface area contributed by atoms with Crippen molar-refractivity contribution in [2.45, 2.75) is 6.04 Å². The van der Waals surface area contributed by atoms with Crippen LogP contribution in [0.1, 0.15) is 11.6 Å². The zero-order chi connectivity index (χ0) is 6.69. The summed E-state index contributed by atoms with van der Waals surface area (Å²) in [6.45, 7) is 0. The van der Waals surface area contributed by atoms with Crippen LogP contribution in [0.3, 0.4) is 0 Å². The highest BCUT2D eigenvalue weighted by atomic mass is 32.1. The van der Waals surface area contributed by atoms with E-state index in [1.807, 2.05) is 16.8 Å².